The lowest BCUT2D eigenvalue weighted by atomic mass is 9.64. The minimum atomic E-state index is -0.334. The summed E-state index contributed by atoms with van der Waals surface area (Å²) < 4.78 is 10.2. The van der Waals surface area contributed by atoms with Gasteiger partial charge >= 0.3 is 0 Å². The molecule has 1 amide bonds. The predicted octanol–water partition coefficient (Wildman–Crippen LogP) is 2.27. The van der Waals surface area contributed by atoms with Crippen molar-refractivity contribution in [1.82, 2.24) is 5.32 Å². The van der Waals surface area contributed by atoms with Gasteiger partial charge in [-0.2, -0.15) is 0 Å². The summed E-state index contributed by atoms with van der Waals surface area (Å²) in [5.74, 6) is 0.966. The molecule has 0 bridgehead atoms. The molecular formula is C16H23NO3. The van der Waals surface area contributed by atoms with Crippen LogP contribution in [-0.4, -0.2) is 33.3 Å². The third-order valence-corrected chi connectivity index (χ3v) is 4.10. The first-order valence-electron chi connectivity index (χ1n) is 7.15. The molecule has 110 valence electrons. The number of methoxy groups -OCH3 is 2. The second-order valence-electron chi connectivity index (χ2n) is 5.27. The molecule has 0 aliphatic heterocycles. The lowest BCUT2D eigenvalue weighted by Crippen LogP contribution is -2.49. The summed E-state index contributed by atoms with van der Waals surface area (Å²) in [6, 6.07) is 7.86. The van der Waals surface area contributed by atoms with Crippen molar-refractivity contribution in [2.75, 3.05) is 27.4 Å². The lowest BCUT2D eigenvalue weighted by molar-refractivity contribution is -0.129. The van der Waals surface area contributed by atoms with Crippen LogP contribution in [-0.2, 0) is 14.9 Å². The molecule has 2 rings (SSSR count). The van der Waals surface area contributed by atoms with Crippen LogP contribution in [0.15, 0.2) is 24.3 Å². The van der Waals surface area contributed by atoms with Gasteiger partial charge in [-0.05, 0) is 37.0 Å². The van der Waals surface area contributed by atoms with E-state index in [1.165, 1.54) is 0 Å². The van der Waals surface area contributed by atoms with Gasteiger partial charge in [0.15, 0.2) is 0 Å². The van der Waals surface area contributed by atoms with Gasteiger partial charge in [0, 0.05) is 20.3 Å². The summed E-state index contributed by atoms with van der Waals surface area (Å²) in [5, 5.41) is 3.04. The summed E-state index contributed by atoms with van der Waals surface area (Å²) in [4.78, 5) is 12.5. The molecule has 0 heterocycles. The number of carbonyl (C=O) groups is 1. The zero-order valence-corrected chi connectivity index (χ0v) is 12.3. The molecule has 1 aliphatic rings. The van der Waals surface area contributed by atoms with Crippen molar-refractivity contribution in [3.8, 4) is 5.75 Å². The van der Waals surface area contributed by atoms with E-state index in [-0.39, 0.29) is 11.3 Å². The molecule has 1 saturated carbocycles. The van der Waals surface area contributed by atoms with Gasteiger partial charge in [-0.3, -0.25) is 4.79 Å². The molecule has 0 unspecified atom stereocenters. The van der Waals surface area contributed by atoms with Gasteiger partial charge in [-0.15, -0.1) is 0 Å². The van der Waals surface area contributed by atoms with Crippen molar-refractivity contribution in [1.29, 1.82) is 0 Å². The summed E-state index contributed by atoms with van der Waals surface area (Å²) in [6.07, 6.45) is 3.81. The van der Waals surface area contributed by atoms with E-state index >= 15 is 0 Å². The fourth-order valence-electron chi connectivity index (χ4n) is 2.67. The molecule has 4 nitrogen and oxygen atoms in total. The van der Waals surface area contributed by atoms with Crippen LogP contribution in [0, 0.1) is 0 Å². The molecule has 4 heteroatoms. The number of ether oxygens (including phenoxy) is 2. The van der Waals surface area contributed by atoms with Crippen molar-refractivity contribution < 1.29 is 14.3 Å². The molecule has 1 aromatic carbocycles. The molecule has 1 fully saturated rings. The van der Waals surface area contributed by atoms with Gasteiger partial charge in [0.05, 0.1) is 12.5 Å². The number of nitrogens with one attached hydrogen (secondary N) is 1. The molecule has 1 N–H and O–H groups in total. The van der Waals surface area contributed by atoms with E-state index in [2.05, 4.69) is 5.32 Å². The Morgan fingerprint density at radius 2 is 1.95 bits per heavy atom. The van der Waals surface area contributed by atoms with E-state index in [0.29, 0.717) is 13.2 Å². The fraction of sp³-hybridized carbons (Fsp3) is 0.562. The first-order chi connectivity index (χ1) is 9.73. The quantitative estimate of drug-likeness (QED) is 0.778. The van der Waals surface area contributed by atoms with Crippen LogP contribution in [0.1, 0.15) is 31.2 Å². The van der Waals surface area contributed by atoms with Crippen LogP contribution in [0.2, 0.25) is 0 Å². The first kappa shape index (κ1) is 14.9. The molecular weight excluding hydrogens is 254 g/mol. The van der Waals surface area contributed by atoms with Gasteiger partial charge in [-0.25, -0.2) is 0 Å². The molecule has 1 aliphatic carbocycles. The highest BCUT2D eigenvalue weighted by Crippen LogP contribution is 2.44. The van der Waals surface area contributed by atoms with Gasteiger partial charge in [0.2, 0.25) is 5.91 Å². The first-order valence-corrected chi connectivity index (χ1v) is 7.15. The van der Waals surface area contributed by atoms with E-state index in [1.54, 1.807) is 14.2 Å². The highest BCUT2D eigenvalue weighted by Gasteiger charge is 2.45. The van der Waals surface area contributed by atoms with Crippen LogP contribution in [0.5, 0.6) is 5.75 Å². The maximum absolute atomic E-state index is 12.5. The Kier molecular flexibility index (Phi) is 5.01. The zero-order valence-electron chi connectivity index (χ0n) is 12.3. The van der Waals surface area contributed by atoms with Crippen LogP contribution in [0.3, 0.4) is 0 Å². The Labute approximate surface area is 120 Å². The third kappa shape index (κ3) is 2.96. The molecule has 0 aromatic heterocycles. The molecule has 20 heavy (non-hydrogen) atoms. The number of carbonyl (C=O) groups excluding carboxylic acids is 1. The Balaban J connectivity index is 2.02. The van der Waals surface area contributed by atoms with Crippen molar-refractivity contribution in [2.45, 2.75) is 31.1 Å². The number of amides is 1. The SMILES string of the molecule is COCCCNC(=O)C1(c2ccc(OC)cc2)CCC1. The monoisotopic (exact) mass is 277 g/mol. The summed E-state index contributed by atoms with van der Waals surface area (Å²) >= 11 is 0. The van der Waals surface area contributed by atoms with E-state index in [0.717, 1.165) is 37.0 Å². The highest BCUT2D eigenvalue weighted by atomic mass is 16.5. The van der Waals surface area contributed by atoms with Crippen molar-refractivity contribution in [2.24, 2.45) is 0 Å². The topological polar surface area (TPSA) is 47.6 Å². The van der Waals surface area contributed by atoms with Crippen molar-refractivity contribution in [3.63, 3.8) is 0 Å². The minimum absolute atomic E-state index is 0.144. The average molecular weight is 277 g/mol. The summed E-state index contributed by atoms with van der Waals surface area (Å²) in [7, 11) is 3.32. The van der Waals surface area contributed by atoms with E-state index in [1.807, 2.05) is 24.3 Å². The normalized spacial score (nSPS) is 16.3. The molecule has 0 spiro atoms. The van der Waals surface area contributed by atoms with Gasteiger partial charge < -0.3 is 14.8 Å². The predicted molar refractivity (Wildman–Crippen MR) is 78.0 cm³/mol. The van der Waals surface area contributed by atoms with Crippen LogP contribution in [0.4, 0.5) is 0 Å². The van der Waals surface area contributed by atoms with Gasteiger partial charge in [-0.1, -0.05) is 18.6 Å². The number of rotatable bonds is 7. The maximum Gasteiger partial charge on any atom is 0.230 e. The Morgan fingerprint density at radius 3 is 2.45 bits per heavy atom. The highest BCUT2D eigenvalue weighted by molar-refractivity contribution is 5.89. The second kappa shape index (κ2) is 6.75. The van der Waals surface area contributed by atoms with E-state index in [4.69, 9.17) is 9.47 Å². The number of hydrogen-bond donors (Lipinski definition) is 1. The number of hydrogen-bond acceptors (Lipinski definition) is 3. The minimum Gasteiger partial charge on any atom is -0.497 e. The van der Waals surface area contributed by atoms with Crippen LogP contribution in [0.25, 0.3) is 0 Å². The fourth-order valence-corrected chi connectivity index (χ4v) is 2.67. The van der Waals surface area contributed by atoms with Gasteiger partial charge in [0.25, 0.3) is 0 Å². The standard InChI is InChI=1S/C16H23NO3/c1-19-12-4-11-17-15(18)16(9-3-10-16)13-5-7-14(20-2)8-6-13/h5-8H,3-4,9-12H2,1-2H3,(H,17,18). The molecule has 0 saturated heterocycles. The maximum atomic E-state index is 12.5. The lowest BCUT2D eigenvalue weighted by Gasteiger charge is -2.40. The largest absolute Gasteiger partial charge is 0.497 e. The van der Waals surface area contributed by atoms with Crippen molar-refractivity contribution in [3.05, 3.63) is 29.8 Å². The van der Waals surface area contributed by atoms with Gasteiger partial charge in [0.1, 0.15) is 5.75 Å². The molecule has 1 aromatic rings. The summed E-state index contributed by atoms with van der Waals surface area (Å²) in [5.41, 5.74) is 0.757. The molecule has 0 atom stereocenters. The Bertz CT molecular complexity index is 438. The number of benzene rings is 1. The Morgan fingerprint density at radius 1 is 1.25 bits per heavy atom. The Hall–Kier alpha value is -1.55. The molecule has 0 radical (unpaired) electrons. The second-order valence-corrected chi connectivity index (χ2v) is 5.27. The smallest absolute Gasteiger partial charge is 0.230 e. The van der Waals surface area contributed by atoms with Crippen molar-refractivity contribution >= 4 is 5.91 Å². The average Bonchev–Trinajstić information content (AvgIpc) is 2.43. The summed E-state index contributed by atoms with van der Waals surface area (Å²) in [6.45, 7) is 1.35. The van der Waals surface area contributed by atoms with E-state index < -0.39 is 0 Å². The van der Waals surface area contributed by atoms with Crippen LogP contribution < -0.4 is 10.1 Å². The zero-order chi connectivity index (χ0) is 14.4. The van der Waals surface area contributed by atoms with E-state index in [9.17, 15) is 4.79 Å². The van der Waals surface area contributed by atoms with Crippen LogP contribution >= 0.6 is 0 Å². The third-order valence-electron chi connectivity index (χ3n) is 4.10.